The zero-order valence-corrected chi connectivity index (χ0v) is 13.4. The van der Waals surface area contributed by atoms with Crippen LogP contribution in [-0.4, -0.2) is 62.1 Å². The quantitative estimate of drug-likeness (QED) is 0.857. The van der Waals surface area contributed by atoms with E-state index >= 15 is 0 Å². The Kier molecular flexibility index (Phi) is 4.22. The van der Waals surface area contributed by atoms with Gasteiger partial charge in [-0.1, -0.05) is 0 Å². The molecule has 1 aliphatic carbocycles. The summed E-state index contributed by atoms with van der Waals surface area (Å²) in [5.41, 5.74) is -0.0983. The van der Waals surface area contributed by atoms with E-state index in [4.69, 9.17) is 9.47 Å². The zero-order chi connectivity index (χ0) is 15.6. The average Bonchev–Trinajstić information content (AvgIpc) is 3.29. The molecule has 0 amide bonds. The second-order valence-corrected chi connectivity index (χ2v) is 6.66. The molecule has 0 bridgehead atoms. The van der Waals surface area contributed by atoms with Crippen LogP contribution in [0.4, 0.5) is 11.8 Å². The molecule has 1 saturated carbocycles. The first kappa shape index (κ1) is 15.0. The van der Waals surface area contributed by atoms with E-state index < -0.39 is 0 Å². The molecule has 2 aliphatic heterocycles. The summed E-state index contributed by atoms with van der Waals surface area (Å²) in [6.07, 6.45) is 3.88. The van der Waals surface area contributed by atoms with Gasteiger partial charge in [-0.15, -0.1) is 0 Å². The van der Waals surface area contributed by atoms with Crippen molar-refractivity contribution in [1.29, 1.82) is 0 Å². The van der Waals surface area contributed by atoms with Crippen LogP contribution in [0.2, 0.25) is 0 Å². The molecule has 126 valence electrons. The lowest BCUT2D eigenvalue weighted by atomic mass is 10.3. The summed E-state index contributed by atoms with van der Waals surface area (Å²) in [6, 6.07) is 1.58. The molecule has 2 saturated heterocycles. The van der Waals surface area contributed by atoms with Gasteiger partial charge in [-0.25, -0.2) is 0 Å². The number of rotatable bonds is 5. The van der Waals surface area contributed by atoms with Gasteiger partial charge in [-0.2, -0.15) is 4.98 Å². The summed E-state index contributed by atoms with van der Waals surface area (Å²) in [5.74, 6) is 2.19. The van der Waals surface area contributed by atoms with E-state index in [2.05, 4.69) is 19.8 Å². The third-order valence-electron chi connectivity index (χ3n) is 4.76. The highest BCUT2D eigenvalue weighted by molar-refractivity contribution is 5.44. The molecule has 0 radical (unpaired) electrons. The van der Waals surface area contributed by atoms with Crippen molar-refractivity contribution in [2.75, 3.05) is 55.8 Å². The van der Waals surface area contributed by atoms with Crippen LogP contribution in [0.15, 0.2) is 10.9 Å². The van der Waals surface area contributed by atoms with Gasteiger partial charge in [0.25, 0.3) is 5.56 Å². The Balaban J connectivity index is 1.43. The highest BCUT2D eigenvalue weighted by atomic mass is 16.5. The number of aromatic amines is 1. The number of H-pyrrole nitrogens is 1. The van der Waals surface area contributed by atoms with E-state index in [0.29, 0.717) is 19.2 Å². The monoisotopic (exact) mass is 320 g/mol. The van der Waals surface area contributed by atoms with Crippen molar-refractivity contribution in [2.24, 2.45) is 5.92 Å². The van der Waals surface area contributed by atoms with E-state index in [1.807, 2.05) is 0 Å². The SMILES string of the molecule is O=c1cc(N2CCOCC2)nc(N2CCC(OCC3CC3)C2)[nH]1. The Morgan fingerprint density at radius 3 is 2.83 bits per heavy atom. The van der Waals surface area contributed by atoms with E-state index in [1.165, 1.54) is 12.8 Å². The van der Waals surface area contributed by atoms with Crippen LogP contribution in [0.25, 0.3) is 0 Å². The fourth-order valence-electron chi connectivity index (χ4n) is 3.15. The minimum absolute atomic E-state index is 0.0983. The fourth-order valence-corrected chi connectivity index (χ4v) is 3.15. The summed E-state index contributed by atoms with van der Waals surface area (Å²) in [5, 5.41) is 0. The maximum atomic E-state index is 12.0. The first-order chi connectivity index (χ1) is 11.3. The molecule has 4 rings (SSSR count). The molecule has 1 N–H and O–H groups in total. The molecule has 23 heavy (non-hydrogen) atoms. The van der Waals surface area contributed by atoms with Gasteiger partial charge in [0, 0.05) is 38.9 Å². The second-order valence-electron chi connectivity index (χ2n) is 6.66. The van der Waals surface area contributed by atoms with E-state index in [0.717, 1.165) is 50.9 Å². The summed E-state index contributed by atoms with van der Waals surface area (Å²) >= 11 is 0. The second kappa shape index (κ2) is 6.49. The summed E-state index contributed by atoms with van der Waals surface area (Å²) < 4.78 is 11.3. The highest BCUT2D eigenvalue weighted by Crippen LogP contribution is 2.30. The van der Waals surface area contributed by atoms with Gasteiger partial charge >= 0.3 is 0 Å². The highest BCUT2D eigenvalue weighted by Gasteiger charge is 2.28. The largest absolute Gasteiger partial charge is 0.378 e. The zero-order valence-electron chi connectivity index (χ0n) is 13.4. The standard InChI is InChI=1S/C16H24N4O3/c21-15-9-14(19-5-7-22-8-6-19)17-16(18-15)20-4-3-13(10-20)23-11-12-1-2-12/h9,12-13H,1-8,10-11H2,(H,17,18,21). The summed E-state index contributed by atoms with van der Waals surface area (Å²) in [6.45, 7) is 5.50. The van der Waals surface area contributed by atoms with Crippen LogP contribution in [0.1, 0.15) is 19.3 Å². The number of anilines is 2. The molecule has 0 aromatic carbocycles. The Morgan fingerprint density at radius 1 is 1.22 bits per heavy atom. The first-order valence-electron chi connectivity index (χ1n) is 8.58. The Labute approximate surface area is 135 Å². The lowest BCUT2D eigenvalue weighted by Gasteiger charge is -2.28. The van der Waals surface area contributed by atoms with Crippen LogP contribution in [-0.2, 0) is 9.47 Å². The molecule has 3 fully saturated rings. The lowest BCUT2D eigenvalue weighted by molar-refractivity contribution is 0.0605. The molecular weight excluding hydrogens is 296 g/mol. The van der Waals surface area contributed by atoms with Crippen molar-refractivity contribution < 1.29 is 9.47 Å². The number of ether oxygens (including phenoxy) is 2. The smallest absolute Gasteiger partial charge is 0.254 e. The normalized spacial score (nSPS) is 25.1. The molecule has 7 nitrogen and oxygen atoms in total. The molecule has 1 atom stereocenters. The number of nitrogens with zero attached hydrogens (tertiary/aromatic N) is 3. The van der Waals surface area contributed by atoms with Crippen molar-refractivity contribution >= 4 is 11.8 Å². The number of hydrogen-bond acceptors (Lipinski definition) is 6. The molecule has 1 aromatic rings. The number of hydrogen-bond donors (Lipinski definition) is 1. The van der Waals surface area contributed by atoms with Crippen LogP contribution < -0.4 is 15.4 Å². The van der Waals surface area contributed by atoms with Crippen LogP contribution in [0.3, 0.4) is 0 Å². The molecular formula is C16H24N4O3. The Morgan fingerprint density at radius 2 is 2.04 bits per heavy atom. The predicted octanol–water partition coefficient (Wildman–Crippen LogP) is 0.612. The summed E-state index contributed by atoms with van der Waals surface area (Å²) in [4.78, 5) is 23.8. The van der Waals surface area contributed by atoms with E-state index in [1.54, 1.807) is 6.07 Å². The molecule has 1 unspecified atom stereocenters. The van der Waals surface area contributed by atoms with Crippen molar-refractivity contribution in [2.45, 2.75) is 25.4 Å². The Bertz CT molecular complexity index is 595. The van der Waals surface area contributed by atoms with Crippen molar-refractivity contribution in [3.05, 3.63) is 16.4 Å². The lowest BCUT2D eigenvalue weighted by Crippen LogP contribution is -2.38. The van der Waals surface area contributed by atoms with Crippen molar-refractivity contribution in [3.8, 4) is 0 Å². The number of morpholine rings is 1. The number of aromatic nitrogens is 2. The van der Waals surface area contributed by atoms with Gasteiger partial charge in [0.15, 0.2) is 0 Å². The molecule has 7 heteroatoms. The molecule has 1 aromatic heterocycles. The van der Waals surface area contributed by atoms with E-state index in [-0.39, 0.29) is 11.7 Å². The minimum atomic E-state index is -0.0983. The Hall–Kier alpha value is -1.60. The summed E-state index contributed by atoms with van der Waals surface area (Å²) in [7, 11) is 0. The number of nitrogens with one attached hydrogen (secondary N) is 1. The van der Waals surface area contributed by atoms with Gasteiger partial charge in [0.2, 0.25) is 5.95 Å². The third-order valence-corrected chi connectivity index (χ3v) is 4.76. The van der Waals surface area contributed by atoms with Gasteiger partial charge < -0.3 is 19.3 Å². The van der Waals surface area contributed by atoms with Crippen molar-refractivity contribution in [1.82, 2.24) is 9.97 Å². The van der Waals surface area contributed by atoms with Gasteiger partial charge in [-0.3, -0.25) is 9.78 Å². The molecule has 3 heterocycles. The van der Waals surface area contributed by atoms with Crippen LogP contribution >= 0.6 is 0 Å². The average molecular weight is 320 g/mol. The van der Waals surface area contributed by atoms with E-state index in [9.17, 15) is 4.79 Å². The van der Waals surface area contributed by atoms with Gasteiger partial charge in [0.1, 0.15) is 5.82 Å². The maximum absolute atomic E-state index is 12.0. The van der Waals surface area contributed by atoms with Gasteiger partial charge in [0.05, 0.1) is 19.3 Å². The maximum Gasteiger partial charge on any atom is 0.254 e. The molecule has 3 aliphatic rings. The molecule has 0 spiro atoms. The van der Waals surface area contributed by atoms with Crippen molar-refractivity contribution in [3.63, 3.8) is 0 Å². The first-order valence-corrected chi connectivity index (χ1v) is 8.58. The minimum Gasteiger partial charge on any atom is -0.378 e. The fraction of sp³-hybridized carbons (Fsp3) is 0.750. The topological polar surface area (TPSA) is 70.7 Å². The van der Waals surface area contributed by atoms with Gasteiger partial charge in [-0.05, 0) is 25.2 Å². The third kappa shape index (κ3) is 3.67. The predicted molar refractivity (Wildman–Crippen MR) is 87.2 cm³/mol. The van der Waals surface area contributed by atoms with Crippen LogP contribution in [0, 0.1) is 5.92 Å². The van der Waals surface area contributed by atoms with Crippen LogP contribution in [0.5, 0.6) is 0 Å².